The van der Waals surface area contributed by atoms with Gasteiger partial charge in [0.1, 0.15) is 13.2 Å². The normalized spacial score (nSPS) is 12.4. The molecule has 1 heterocycles. The molecule has 27 heavy (non-hydrogen) atoms. The standard InChI is InChI=1S/C19H18BrNO6/c1-24-10-12-3-2-4-13(7-12)19(23)27-11-18(22)21-15-9-17-16(8-14(15)20)25-5-6-26-17/h2-4,7-9H,5-6,10-11H2,1H3,(H,21,22). The van der Waals surface area contributed by atoms with E-state index in [-0.39, 0.29) is 0 Å². The van der Waals surface area contributed by atoms with E-state index < -0.39 is 18.5 Å². The molecular formula is C19H18BrNO6. The summed E-state index contributed by atoms with van der Waals surface area (Å²) in [6.45, 7) is 0.905. The number of methoxy groups -OCH3 is 1. The predicted molar refractivity (Wildman–Crippen MR) is 101 cm³/mol. The predicted octanol–water partition coefficient (Wildman–Crippen LogP) is 3.16. The molecule has 142 valence electrons. The first-order valence-corrected chi connectivity index (χ1v) is 9.00. The van der Waals surface area contributed by atoms with Crippen LogP contribution < -0.4 is 14.8 Å². The van der Waals surface area contributed by atoms with E-state index in [1.807, 2.05) is 6.07 Å². The molecule has 1 N–H and O–H groups in total. The molecule has 0 bridgehead atoms. The number of carbonyl (C=O) groups is 2. The van der Waals surface area contributed by atoms with Gasteiger partial charge in [-0.3, -0.25) is 4.79 Å². The Kier molecular flexibility index (Phi) is 6.31. The molecule has 0 unspecified atom stereocenters. The van der Waals surface area contributed by atoms with Gasteiger partial charge in [-0.15, -0.1) is 0 Å². The molecule has 0 radical (unpaired) electrons. The Morgan fingerprint density at radius 3 is 2.63 bits per heavy atom. The van der Waals surface area contributed by atoms with Crippen molar-refractivity contribution in [3.63, 3.8) is 0 Å². The van der Waals surface area contributed by atoms with Crippen molar-refractivity contribution in [1.82, 2.24) is 0 Å². The van der Waals surface area contributed by atoms with Gasteiger partial charge in [-0.25, -0.2) is 4.79 Å². The number of benzene rings is 2. The van der Waals surface area contributed by atoms with Crippen molar-refractivity contribution in [2.75, 3.05) is 32.2 Å². The molecule has 0 saturated carbocycles. The van der Waals surface area contributed by atoms with Crippen LogP contribution in [-0.2, 0) is 20.9 Å². The van der Waals surface area contributed by atoms with Gasteiger partial charge in [-0.05, 0) is 33.6 Å². The molecule has 2 aromatic rings. The lowest BCUT2D eigenvalue weighted by molar-refractivity contribution is -0.119. The maximum atomic E-state index is 12.1. The summed E-state index contributed by atoms with van der Waals surface area (Å²) in [6.07, 6.45) is 0. The molecule has 0 saturated heterocycles. The third-order valence-electron chi connectivity index (χ3n) is 3.71. The van der Waals surface area contributed by atoms with Crippen LogP contribution in [0.25, 0.3) is 0 Å². The molecule has 0 fully saturated rings. The van der Waals surface area contributed by atoms with Gasteiger partial charge in [0.25, 0.3) is 5.91 Å². The van der Waals surface area contributed by atoms with Crippen molar-refractivity contribution in [1.29, 1.82) is 0 Å². The first-order valence-electron chi connectivity index (χ1n) is 8.21. The number of esters is 1. The first-order chi connectivity index (χ1) is 13.1. The van der Waals surface area contributed by atoms with Crippen molar-refractivity contribution in [3.05, 3.63) is 52.0 Å². The second-order valence-electron chi connectivity index (χ2n) is 5.73. The monoisotopic (exact) mass is 435 g/mol. The van der Waals surface area contributed by atoms with Crippen molar-refractivity contribution in [3.8, 4) is 11.5 Å². The number of amides is 1. The van der Waals surface area contributed by atoms with Crippen molar-refractivity contribution < 1.29 is 28.5 Å². The van der Waals surface area contributed by atoms with Gasteiger partial charge in [0.2, 0.25) is 0 Å². The number of ether oxygens (including phenoxy) is 4. The van der Waals surface area contributed by atoms with Crippen LogP contribution in [0.4, 0.5) is 5.69 Å². The second kappa shape index (κ2) is 8.88. The lowest BCUT2D eigenvalue weighted by atomic mass is 10.1. The SMILES string of the molecule is COCc1cccc(C(=O)OCC(=O)Nc2cc3c(cc2Br)OCCO3)c1. The molecule has 0 aromatic heterocycles. The van der Waals surface area contributed by atoms with E-state index in [0.29, 0.717) is 47.0 Å². The molecule has 0 spiro atoms. The van der Waals surface area contributed by atoms with Crippen molar-refractivity contribution >= 4 is 33.5 Å². The van der Waals surface area contributed by atoms with E-state index in [1.54, 1.807) is 37.4 Å². The maximum Gasteiger partial charge on any atom is 0.338 e. The van der Waals surface area contributed by atoms with Gasteiger partial charge in [-0.1, -0.05) is 12.1 Å². The average molecular weight is 436 g/mol. The zero-order valence-electron chi connectivity index (χ0n) is 14.6. The van der Waals surface area contributed by atoms with Crippen LogP contribution in [0.15, 0.2) is 40.9 Å². The Hall–Kier alpha value is -2.58. The Morgan fingerprint density at radius 1 is 1.15 bits per heavy atom. The number of carbonyl (C=O) groups excluding carboxylic acids is 2. The first kappa shape index (κ1) is 19.2. The van der Waals surface area contributed by atoms with Gasteiger partial charge in [0.15, 0.2) is 18.1 Å². The lowest BCUT2D eigenvalue weighted by Crippen LogP contribution is -2.21. The number of halogens is 1. The maximum absolute atomic E-state index is 12.1. The van der Waals surface area contributed by atoms with Gasteiger partial charge < -0.3 is 24.3 Å². The second-order valence-corrected chi connectivity index (χ2v) is 6.59. The summed E-state index contributed by atoms with van der Waals surface area (Å²) in [4.78, 5) is 24.3. The van der Waals surface area contributed by atoms with Crippen LogP contribution in [0.2, 0.25) is 0 Å². The fraction of sp³-hybridized carbons (Fsp3) is 0.263. The Morgan fingerprint density at radius 2 is 1.89 bits per heavy atom. The molecule has 1 aliphatic heterocycles. The van der Waals surface area contributed by atoms with E-state index in [2.05, 4.69) is 21.2 Å². The summed E-state index contributed by atoms with van der Waals surface area (Å²) in [5.41, 5.74) is 1.71. The van der Waals surface area contributed by atoms with Crippen LogP contribution in [0.3, 0.4) is 0 Å². The largest absolute Gasteiger partial charge is 0.486 e. The third kappa shape index (κ3) is 4.99. The van der Waals surface area contributed by atoms with E-state index >= 15 is 0 Å². The summed E-state index contributed by atoms with van der Waals surface area (Å²) in [6, 6.07) is 10.2. The van der Waals surface area contributed by atoms with E-state index in [9.17, 15) is 9.59 Å². The number of rotatable bonds is 6. The smallest absolute Gasteiger partial charge is 0.338 e. The zero-order chi connectivity index (χ0) is 19.2. The highest BCUT2D eigenvalue weighted by Crippen LogP contribution is 2.38. The molecule has 1 amide bonds. The third-order valence-corrected chi connectivity index (χ3v) is 4.37. The van der Waals surface area contributed by atoms with Gasteiger partial charge in [-0.2, -0.15) is 0 Å². The summed E-state index contributed by atoms with van der Waals surface area (Å²) in [5.74, 6) is 0.110. The van der Waals surface area contributed by atoms with E-state index in [4.69, 9.17) is 18.9 Å². The summed E-state index contributed by atoms with van der Waals surface area (Å²) in [7, 11) is 1.57. The molecule has 2 aromatic carbocycles. The molecule has 0 atom stereocenters. The zero-order valence-corrected chi connectivity index (χ0v) is 16.2. The minimum absolute atomic E-state index is 0.359. The molecule has 3 rings (SSSR count). The molecular weight excluding hydrogens is 418 g/mol. The summed E-state index contributed by atoms with van der Waals surface area (Å²) >= 11 is 3.37. The number of hydrogen-bond acceptors (Lipinski definition) is 6. The quantitative estimate of drug-likeness (QED) is 0.701. The molecule has 1 aliphatic rings. The topological polar surface area (TPSA) is 83.1 Å². The highest BCUT2D eigenvalue weighted by atomic mass is 79.9. The van der Waals surface area contributed by atoms with Crippen LogP contribution in [-0.4, -0.2) is 38.8 Å². The highest BCUT2D eigenvalue weighted by molar-refractivity contribution is 9.10. The lowest BCUT2D eigenvalue weighted by Gasteiger charge is -2.20. The van der Waals surface area contributed by atoms with Crippen LogP contribution in [0.1, 0.15) is 15.9 Å². The molecule has 8 heteroatoms. The van der Waals surface area contributed by atoms with E-state index in [1.165, 1.54) is 0 Å². The van der Waals surface area contributed by atoms with Crippen LogP contribution in [0.5, 0.6) is 11.5 Å². The fourth-order valence-corrected chi connectivity index (χ4v) is 2.94. The Labute approximate surface area is 164 Å². The Bertz CT molecular complexity index is 854. The minimum atomic E-state index is -0.579. The number of hydrogen-bond donors (Lipinski definition) is 1. The number of nitrogens with one attached hydrogen (secondary N) is 1. The highest BCUT2D eigenvalue weighted by Gasteiger charge is 2.17. The Balaban J connectivity index is 1.58. The summed E-state index contributed by atoms with van der Waals surface area (Å²) in [5, 5.41) is 2.68. The van der Waals surface area contributed by atoms with Gasteiger partial charge in [0.05, 0.1) is 17.9 Å². The van der Waals surface area contributed by atoms with Gasteiger partial charge >= 0.3 is 5.97 Å². The van der Waals surface area contributed by atoms with Gasteiger partial charge in [0, 0.05) is 23.7 Å². The molecule has 0 aliphatic carbocycles. The number of fused-ring (bicyclic) bond motifs is 1. The van der Waals surface area contributed by atoms with Crippen molar-refractivity contribution in [2.24, 2.45) is 0 Å². The van der Waals surface area contributed by atoms with E-state index in [0.717, 1.165) is 5.56 Å². The minimum Gasteiger partial charge on any atom is -0.486 e. The fourth-order valence-electron chi connectivity index (χ4n) is 2.52. The summed E-state index contributed by atoms with van der Waals surface area (Å²) < 4.78 is 21.7. The van der Waals surface area contributed by atoms with Crippen molar-refractivity contribution in [2.45, 2.75) is 6.61 Å². The molecule has 7 nitrogen and oxygen atoms in total. The average Bonchev–Trinajstić information content (AvgIpc) is 2.67. The van der Waals surface area contributed by atoms with Crippen LogP contribution >= 0.6 is 15.9 Å². The van der Waals surface area contributed by atoms with Crippen LogP contribution in [0, 0.1) is 0 Å². The number of anilines is 1.